The van der Waals surface area contributed by atoms with E-state index in [1.165, 1.54) is 5.57 Å². The van der Waals surface area contributed by atoms with E-state index in [2.05, 4.69) is 18.0 Å². The Kier molecular flexibility index (Phi) is 3.83. The van der Waals surface area contributed by atoms with Crippen molar-refractivity contribution >= 4 is 17.2 Å². The molecule has 1 aromatic rings. The zero-order valence-electron chi connectivity index (χ0n) is 9.45. The fourth-order valence-electron chi connectivity index (χ4n) is 1.81. The van der Waals surface area contributed by atoms with Gasteiger partial charge in [0.05, 0.1) is 18.2 Å². The highest BCUT2D eigenvalue weighted by Crippen LogP contribution is 2.31. The van der Waals surface area contributed by atoms with Crippen molar-refractivity contribution in [3.63, 3.8) is 0 Å². The molecule has 0 radical (unpaired) electrons. The minimum Gasteiger partial charge on any atom is -0.492 e. The third kappa shape index (κ3) is 2.76. The van der Waals surface area contributed by atoms with Gasteiger partial charge in [-0.05, 0) is 36.5 Å². The molecule has 0 amide bonds. The van der Waals surface area contributed by atoms with Crippen LogP contribution in [-0.2, 0) is 0 Å². The van der Waals surface area contributed by atoms with Crippen LogP contribution >= 0.6 is 11.6 Å². The predicted molar refractivity (Wildman–Crippen MR) is 66.9 cm³/mol. The van der Waals surface area contributed by atoms with E-state index in [1.807, 2.05) is 12.3 Å². The van der Waals surface area contributed by atoms with Crippen LogP contribution in [0.25, 0.3) is 5.57 Å². The molecule has 0 aromatic carbocycles. The second-order valence-electron chi connectivity index (χ2n) is 4.00. The molecule has 2 rings (SSSR count). The fourth-order valence-corrected chi connectivity index (χ4v) is 2.07. The van der Waals surface area contributed by atoms with Gasteiger partial charge in [-0.3, -0.25) is 4.98 Å². The molecule has 2 nitrogen and oxygen atoms in total. The number of aromatic nitrogens is 1. The van der Waals surface area contributed by atoms with Crippen molar-refractivity contribution in [2.24, 2.45) is 0 Å². The number of hydrogen-bond acceptors (Lipinski definition) is 2. The van der Waals surface area contributed by atoms with E-state index in [4.69, 9.17) is 16.3 Å². The largest absolute Gasteiger partial charge is 0.492 e. The van der Waals surface area contributed by atoms with Crippen LogP contribution in [0.5, 0.6) is 5.75 Å². The van der Waals surface area contributed by atoms with Crippen molar-refractivity contribution in [1.29, 1.82) is 0 Å². The maximum absolute atomic E-state index is 6.05. The summed E-state index contributed by atoms with van der Waals surface area (Å²) in [5, 5.41) is 0.176. The second kappa shape index (κ2) is 5.35. The fraction of sp³-hybridized carbons (Fsp3) is 0.462. The van der Waals surface area contributed by atoms with E-state index in [0.717, 1.165) is 37.2 Å². The van der Waals surface area contributed by atoms with E-state index in [1.54, 1.807) is 6.20 Å². The maximum atomic E-state index is 6.05. The van der Waals surface area contributed by atoms with Gasteiger partial charge >= 0.3 is 0 Å². The average molecular weight is 238 g/mol. The molecular weight excluding hydrogens is 222 g/mol. The van der Waals surface area contributed by atoms with Crippen LogP contribution in [0.15, 0.2) is 24.5 Å². The predicted octanol–water partition coefficient (Wildman–Crippen LogP) is 3.66. The van der Waals surface area contributed by atoms with E-state index >= 15 is 0 Å². The van der Waals surface area contributed by atoms with E-state index in [-0.39, 0.29) is 5.38 Å². The Morgan fingerprint density at radius 3 is 3.06 bits per heavy atom. The number of hydrogen-bond donors (Lipinski definition) is 0. The van der Waals surface area contributed by atoms with Crippen LogP contribution in [0.3, 0.4) is 0 Å². The summed E-state index contributed by atoms with van der Waals surface area (Å²) < 4.78 is 5.56. The molecule has 1 aliphatic rings. The average Bonchev–Trinajstić information content (AvgIpc) is 2.74. The quantitative estimate of drug-likeness (QED) is 0.746. The van der Waals surface area contributed by atoms with Gasteiger partial charge in [-0.1, -0.05) is 13.0 Å². The molecule has 1 aliphatic carbocycles. The molecule has 1 aromatic heterocycles. The number of halogens is 1. The van der Waals surface area contributed by atoms with Crippen molar-refractivity contribution in [3.8, 4) is 5.75 Å². The van der Waals surface area contributed by atoms with Gasteiger partial charge in [0.25, 0.3) is 0 Å². The lowest BCUT2D eigenvalue weighted by Crippen LogP contribution is -1.96. The number of allylic oxidation sites excluding steroid dienone is 2. The molecule has 1 unspecified atom stereocenters. The highest BCUT2D eigenvalue weighted by molar-refractivity contribution is 6.22. The Morgan fingerprint density at radius 2 is 2.38 bits per heavy atom. The Morgan fingerprint density at radius 1 is 1.50 bits per heavy atom. The van der Waals surface area contributed by atoms with Crippen molar-refractivity contribution < 1.29 is 4.74 Å². The van der Waals surface area contributed by atoms with Crippen molar-refractivity contribution in [2.75, 3.05) is 6.61 Å². The maximum Gasteiger partial charge on any atom is 0.138 e. The summed E-state index contributed by atoms with van der Waals surface area (Å²) in [7, 11) is 0. The Labute approximate surface area is 101 Å². The lowest BCUT2D eigenvalue weighted by molar-refractivity contribution is 0.316. The van der Waals surface area contributed by atoms with E-state index in [0.29, 0.717) is 0 Å². The summed E-state index contributed by atoms with van der Waals surface area (Å²) in [5.74, 6) is 0.846. The monoisotopic (exact) mass is 237 g/mol. The smallest absolute Gasteiger partial charge is 0.138 e. The Hall–Kier alpha value is -1.02. The molecule has 0 spiro atoms. The molecule has 0 aliphatic heterocycles. The van der Waals surface area contributed by atoms with Crippen molar-refractivity contribution in [2.45, 2.75) is 31.6 Å². The van der Waals surface area contributed by atoms with Crippen molar-refractivity contribution in [3.05, 3.63) is 30.1 Å². The van der Waals surface area contributed by atoms with E-state index in [9.17, 15) is 0 Å². The Balaban J connectivity index is 2.13. The van der Waals surface area contributed by atoms with Crippen molar-refractivity contribution in [1.82, 2.24) is 4.98 Å². The number of ether oxygens (including phenoxy) is 1. The molecular formula is C13H16ClNO. The third-order valence-electron chi connectivity index (χ3n) is 2.63. The number of alkyl halides is 1. The highest BCUT2D eigenvalue weighted by atomic mass is 35.5. The molecule has 0 saturated carbocycles. The first-order valence-corrected chi connectivity index (χ1v) is 6.16. The van der Waals surface area contributed by atoms with Crippen LogP contribution in [0.2, 0.25) is 0 Å². The van der Waals surface area contributed by atoms with Crippen LogP contribution in [0.4, 0.5) is 0 Å². The second-order valence-corrected chi connectivity index (χ2v) is 4.56. The summed E-state index contributed by atoms with van der Waals surface area (Å²) in [6.07, 6.45) is 8.81. The van der Waals surface area contributed by atoms with Crippen LogP contribution in [-0.4, -0.2) is 17.0 Å². The first-order valence-electron chi connectivity index (χ1n) is 5.72. The van der Waals surface area contributed by atoms with Crippen LogP contribution in [0, 0.1) is 0 Å². The summed E-state index contributed by atoms with van der Waals surface area (Å²) in [6, 6.07) is 2.05. The zero-order valence-corrected chi connectivity index (χ0v) is 10.2. The molecule has 0 N–H and O–H groups in total. The van der Waals surface area contributed by atoms with Gasteiger partial charge in [0.15, 0.2) is 0 Å². The van der Waals surface area contributed by atoms with Crippen LogP contribution in [0.1, 0.15) is 31.7 Å². The van der Waals surface area contributed by atoms with Gasteiger partial charge in [0.1, 0.15) is 5.75 Å². The zero-order chi connectivity index (χ0) is 11.4. The van der Waals surface area contributed by atoms with Gasteiger partial charge in [-0.2, -0.15) is 0 Å². The normalized spacial score (nSPS) is 19.6. The minimum absolute atomic E-state index is 0.176. The van der Waals surface area contributed by atoms with E-state index < -0.39 is 0 Å². The summed E-state index contributed by atoms with van der Waals surface area (Å²) >= 11 is 6.05. The summed E-state index contributed by atoms with van der Waals surface area (Å²) in [6.45, 7) is 2.83. The minimum atomic E-state index is 0.176. The highest BCUT2D eigenvalue weighted by Gasteiger charge is 2.15. The molecule has 3 heteroatoms. The number of pyridine rings is 1. The number of rotatable bonds is 4. The molecule has 1 heterocycles. The lowest BCUT2D eigenvalue weighted by atomic mass is 10.1. The number of nitrogens with zero attached hydrogens (tertiary/aromatic N) is 1. The van der Waals surface area contributed by atoms with Gasteiger partial charge < -0.3 is 4.74 Å². The van der Waals surface area contributed by atoms with Gasteiger partial charge in [0.2, 0.25) is 0 Å². The first-order chi connectivity index (χ1) is 7.79. The molecule has 16 heavy (non-hydrogen) atoms. The Bertz CT molecular complexity index is 389. The van der Waals surface area contributed by atoms with Gasteiger partial charge in [0, 0.05) is 6.20 Å². The standard InChI is InChI=1S/C13H16ClNO/c1-2-5-16-13-7-11(8-15-9-13)10-3-4-12(14)6-10/h6-9,12H,2-5H2,1H3. The van der Waals surface area contributed by atoms with Gasteiger partial charge in [-0.15, -0.1) is 11.6 Å². The summed E-state index contributed by atoms with van der Waals surface area (Å²) in [5.41, 5.74) is 2.42. The molecule has 1 atom stereocenters. The van der Waals surface area contributed by atoms with Crippen LogP contribution < -0.4 is 4.74 Å². The van der Waals surface area contributed by atoms with Gasteiger partial charge in [-0.25, -0.2) is 0 Å². The molecule has 0 bridgehead atoms. The summed E-state index contributed by atoms with van der Waals surface area (Å²) in [4.78, 5) is 4.20. The first kappa shape index (κ1) is 11.5. The molecule has 86 valence electrons. The SMILES string of the molecule is CCCOc1cncc(C2=CC(Cl)CC2)c1. The molecule has 0 saturated heterocycles. The topological polar surface area (TPSA) is 22.1 Å². The lowest BCUT2D eigenvalue weighted by Gasteiger charge is -2.06. The third-order valence-corrected chi connectivity index (χ3v) is 2.97. The molecule has 0 fully saturated rings.